The number of rotatable bonds is 5. The van der Waals surface area contributed by atoms with Gasteiger partial charge in [0.05, 0.1) is 5.01 Å². The van der Waals surface area contributed by atoms with Crippen LogP contribution in [0.1, 0.15) is 10.6 Å². The summed E-state index contributed by atoms with van der Waals surface area (Å²) in [5.74, 6) is 0. The molecular weight excluding hydrogens is 296 g/mol. The molecule has 4 heteroatoms. The standard InChI is InChI=1S/C13H15BrN2S/c1-15-12(9-13-16-6-7-17-13)8-10-2-4-11(14)5-3-10/h2-7,12,15H,8-9H2,1H3. The van der Waals surface area contributed by atoms with E-state index in [-0.39, 0.29) is 0 Å². The summed E-state index contributed by atoms with van der Waals surface area (Å²) in [5, 5.41) is 6.58. The van der Waals surface area contributed by atoms with Gasteiger partial charge >= 0.3 is 0 Å². The molecule has 0 aliphatic rings. The number of hydrogen-bond donors (Lipinski definition) is 1. The first-order chi connectivity index (χ1) is 8.28. The molecule has 0 aliphatic carbocycles. The molecule has 2 aromatic rings. The zero-order chi connectivity index (χ0) is 12.1. The maximum atomic E-state index is 4.33. The van der Waals surface area contributed by atoms with E-state index >= 15 is 0 Å². The average Bonchev–Trinajstić information content (AvgIpc) is 2.84. The minimum Gasteiger partial charge on any atom is -0.316 e. The van der Waals surface area contributed by atoms with Crippen molar-refractivity contribution in [3.05, 3.63) is 50.9 Å². The molecule has 2 nitrogen and oxygen atoms in total. The number of halogens is 1. The largest absolute Gasteiger partial charge is 0.316 e. The maximum absolute atomic E-state index is 4.33. The van der Waals surface area contributed by atoms with E-state index in [1.807, 2.05) is 18.6 Å². The van der Waals surface area contributed by atoms with Crippen molar-refractivity contribution in [2.24, 2.45) is 0 Å². The van der Waals surface area contributed by atoms with Gasteiger partial charge in [-0.2, -0.15) is 0 Å². The summed E-state index contributed by atoms with van der Waals surface area (Å²) in [6.45, 7) is 0. The SMILES string of the molecule is CNC(Cc1ccc(Br)cc1)Cc1nccs1. The van der Waals surface area contributed by atoms with E-state index < -0.39 is 0 Å². The van der Waals surface area contributed by atoms with E-state index in [2.05, 4.69) is 50.5 Å². The first-order valence-electron chi connectivity index (χ1n) is 5.58. The molecule has 0 spiro atoms. The van der Waals surface area contributed by atoms with Crippen LogP contribution in [0.5, 0.6) is 0 Å². The lowest BCUT2D eigenvalue weighted by atomic mass is 10.0. The average molecular weight is 311 g/mol. The second kappa shape index (κ2) is 6.28. The van der Waals surface area contributed by atoms with Crippen molar-refractivity contribution in [3.63, 3.8) is 0 Å². The topological polar surface area (TPSA) is 24.9 Å². The monoisotopic (exact) mass is 310 g/mol. The highest BCUT2D eigenvalue weighted by atomic mass is 79.9. The lowest BCUT2D eigenvalue weighted by Crippen LogP contribution is -2.29. The summed E-state index contributed by atoms with van der Waals surface area (Å²) in [5.41, 5.74) is 1.35. The van der Waals surface area contributed by atoms with Crippen LogP contribution in [-0.4, -0.2) is 18.1 Å². The summed E-state index contributed by atoms with van der Waals surface area (Å²) in [4.78, 5) is 4.33. The lowest BCUT2D eigenvalue weighted by molar-refractivity contribution is 0.555. The van der Waals surface area contributed by atoms with Crippen LogP contribution in [0.15, 0.2) is 40.3 Å². The first-order valence-corrected chi connectivity index (χ1v) is 7.25. The summed E-state index contributed by atoms with van der Waals surface area (Å²) in [6, 6.07) is 8.95. The minimum atomic E-state index is 0.447. The van der Waals surface area contributed by atoms with Crippen LogP contribution >= 0.6 is 27.3 Å². The molecule has 1 aromatic carbocycles. The van der Waals surface area contributed by atoms with Crippen molar-refractivity contribution < 1.29 is 0 Å². The summed E-state index contributed by atoms with van der Waals surface area (Å²) in [7, 11) is 2.01. The fraction of sp³-hybridized carbons (Fsp3) is 0.308. The molecule has 17 heavy (non-hydrogen) atoms. The van der Waals surface area contributed by atoms with Gasteiger partial charge in [0.25, 0.3) is 0 Å². The van der Waals surface area contributed by atoms with Gasteiger partial charge in [-0.3, -0.25) is 0 Å². The molecule has 90 valence electrons. The third kappa shape index (κ3) is 3.91. The molecule has 2 rings (SSSR count). The van der Waals surface area contributed by atoms with E-state index in [9.17, 15) is 0 Å². The Kier molecular flexibility index (Phi) is 4.71. The Balaban J connectivity index is 1.97. The zero-order valence-corrected chi connectivity index (χ0v) is 12.1. The maximum Gasteiger partial charge on any atom is 0.0940 e. The second-order valence-corrected chi connectivity index (χ2v) is 5.84. The number of benzene rings is 1. The van der Waals surface area contributed by atoms with Gasteiger partial charge < -0.3 is 5.32 Å². The Morgan fingerprint density at radius 3 is 2.65 bits per heavy atom. The highest BCUT2D eigenvalue weighted by Gasteiger charge is 2.09. The number of thiazole rings is 1. The summed E-state index contributed by atoms with van der Waals surface area (Å²) >= 11 is 5.17. The van der Waals surface area contributed by atoms with Crippen molar-refractivity contribution in [2.75, 3.05) is 7.05 Å². The molecule has 0 radical (unpaired) electrons. The number of likely N-dealkylation sites (N-methyl/N-ethyl adjacent to an activating group) is 1. The van der Waals surface area contributed by atoms with Gasteiger partial charge in [-0.05, 0) is 31.2 Å². The molecule has 1 aromatic heterocycles. The fourth-order valence-electron chi connectivity index (χ4n) is 1.75. The Labute approximate surface area is 114 Å². The molecule has 0 saturated heterocycles. The van der Waals surface area contributed by atoms with Gasteiger partial charge in [-0.15, -0.1) is 11.3 Å². The molecule has 0 saturated carbocycles. The molecule has 1 unspecified atom stereocenters. The fourth-order valence-corrected chi connectivity index (χ4v) is 2.71. The first kappa shape index (κ1) is 12.7. The van der Waals surface area contributed by atoms with Gasteiger partial charge in [-0.1, -0.05) is 28.1 Å². The van der Waals surface area contributed by atoms with Crippen molar-refractivity contribution in [2.45, 2.75) is 18.9 Å². The number of aromatic nitrogens is 1. The predicted molar refractivity (Wildman–Crippen MR) is 76.5 cm³/mol. The number of nitrogens with one attached hydrogen (secondary N) is 1. The zero-order valence-electron chi connectivity index (χ0n) is 9.69. The minimum absolute atomic E-state index is 0.447. The van der Waals surface area contributed by atoms with Crippen molar-refractivity contribution in [3.8, 4) is 0 Å². The van der Waals surface area contributed by atoms with Crippen molar-refractivity contribution in [1.29, 1.82) is 0 Å². The van der Waals surface area contributed by atoms with E-state index in [0.717, 1.165) is 17.3 Å². The third-order valence-electron chi connectivity index (χ3n) is 2.71. The van der Waals surface area contributed by atoms with Crippen LogP contribution in [0.2, 0.25) is 0 Å². The Morgan fingerprint density at radius 1 is 1.29 bits per heavy atom. The quantitative estimate of drug-likeness (QED) is 0.916. The van der Waals surface area contributed by atoms with Crippen LogP contribution in [0, 0.1) is 0 Å². The molecule has 1 atom stereocenters. The number of nitrogens with zero attached hydrogens (tertiary/aromatic N) is 1. The summed E-state index contributed by atoms with van der Waals surface area (Å²) in [6.07, 6.45) is 3.89. The molecular formula is C13H15BrN2S. The van der Waals surface area contributed by atoms with Gasteiger partial charge in [0, 0.05) is 28.5 Å². The second-order valence-electron chi connectivity index (χ2n) is 3.95. The number of hydrogen-bond acceptors (Lipinski definition) is 3. The molecule has 0 amide bonds. The van der Waals surface area contributed by atoms with Gasteiger partial charge in [0.15, 0.2) is 0 Å². The molecule has 0 aliphatic heterocycles. The van der Waals surface area contributed by atoms with E-state index in [1.165, 1.54) is 10.6 Å². The Hall–Kier alpha value is -0.710. The molecule has 0 bridgehead atoms. The lowest BCUT2D eigenvalue weighted by Gasteiger charge is -2.14. The summed E-state index contributed by atoms with van der Waals surface area (Å²) < 4.78 is 1.13. The van der Waals surface area contributed by atoms with Crippen molar-refractivity contribution in [1.82, 2.24) is 10.3 Å². The Morgan fingerprint density at radius 2 is 2.06 bits per heavy atom. The van der Waals surface area contributed by atoms with E-state index in [0.29, 0.717) is 6.04 Å². The third-order valence-corrected chi connectivity index (χ3v) is 4.04. The predicted octanol–water partition coefficient (Wildman–Crippen LogP) is 3.28. The van der Waals surface area contributed by atoms with Gasteiger partial charge in [0.2, 0.25) is 0 Å². The highest BCUT2D eigenvalue weighted by Crippen LogP contribution is 2.14. The Bertz CT molecular complexity index is 439. The molecule has 1 heterocycles. The van der Waals surface area contributed by atoms with Gasteiger partial charge in [0.1, 0.15) is 0 Å². The normalized spacial score (nSPS) is 12.6. The van der Waals surface area contributed by atoms with Crippen LogP contribution in [0.25, 0.3) is 0 Å². The van der Waals surface area contributed by atoms with Crippen LogP contribution < -0.4 is 5.32 Å². The van der Waals surface area contributed by atoms with Crippen LogP contribution in [0.3, 0.4) is 0 Å². The van der Waals surface area contributed by atoms with E-state index in [4.69, 9.17) is 0 Å². The highest BCUT2D eigenvalue weighted by molar-refractivity contribution is 9.10. The smallest absolute Gasteiger partial charge is 0.0940 e. The molecule has 1 N–H and O–H groups in total. The molecule has 0 fully saturated rings. The van der Waals surface area contributed by atoms with Crippen LogP contribution in [0.4, 0.5) is 0 Å². The van der Waals surface area contributed by atoms with E-state index in [1.54, 1.807) is 11.3 Å². The van der Waals surface area contributed by atoms with Crippen LogP contribution in [-0.2, 0) is 12.8 Å². The van der Waals surface area contributed by atoms with Crippen molar-refractivity contribution >= 4 is 27.3 Å². The van der Waals surface area contributed by atoms with Gasteiger partial charge in [-0.25, -0.2) is 4.98 Å².